The summed E-state index contributed by atoms with van der Waals surface area (Å²) in [6, 6.07) is 0. The van der Waals surface area contributed by atoms with E-state index in [9.17, 15) is 27.6 Å². The average Bonchev–Trinajstić information content (AvgIpc) is 2.57. The minimum atomic E-state index is -5.15. The minimum absolute atomic E-state index is 0.0952. The van der Waals surface area contributed by atoms with Gasteiger partial charge in [-0.15, -0.1) is 0 Å². The number of hydrogen-bond acceptors (Lipinski definition) is 6. The summed E-state index contributed by atoms with van der Waals surface area (Å²) >= 11 is 0. The molecule has 1 rings (SSSR count). The van der Waals surface area contributed by atoms with Gasteiger partial charge in [0.1, 0.15) is 13.2 Å². The second-order valence-corrected chi connectivity index (χ2v) is 6.34. The largest absolute Gasteiger partial charge is 0.459 e. The van der Waals surface area contributed by atoms with Crippen LogP contribution in [0.2, 0.25) is 0 Å². The number of alkyl halides is 3. The molecule has 0 aliphatic heterocycles. The van der Waals surface area contributed by atoms with E-state index in [1.807, 2.05) is 0 Å². The Bertz CT molecular complexity index is 551. The van der Waals surface area contributed by atoms with E-state index in [0.717, 1.165) is 19.3 Å². The summed E-state index contributed by atoms with van der Waals surface area (Å²) in [4.78, 5) is 35.1. The third kappa shape index (κ3) is 5.74. The fourth-order valence-electron chi connectivity index (χ4n) is 2.37. The number of carbonyl (C=O) groups is 3. The van der Waals surface area contributed by atoms with Crippen molar-refractivity contribution < 1.29 is 41.8 Å². The van der Waals surface area contributed by atoms with Gasteiger partial charge in [-0.2, -0.15) is 13.2 Å². The average molecular weight is 380 g/mol. The smallest absolute Gasteiger partial charge is 0.439 e. The van der Waals surface area contributed by atoms with Crippen LogP contribution in [0.1, 0.15) is 46.0 Å². The van der Waals surface area contributed by atoms with Gasteiger partial charge in [-0.3, -0.25) is 4.79 Å². The van der Waals surface area contributed by atoms with Crippen molar-refractivity contribution in [2.45, 2.75) is 57.7 Å². The monoisotopic (exact) mass is 380 g/mol. The second kappa shape index (κ2) is 9.05. The molecule has 0 spiro atoms. The van der Waals surface area contributed by atoms with Crippen molar-refractivity contribution in [3.05, 3.63) is 12.2 Å². The lowest BCUT2D eigenvalue weighted by molar-refractivity contribution is -0.267. The maximum atomic E-state index is 13.4. The molecule has 148 valence electrons. The van der Waals surface area contributed by atoms with E-state index in [-0.39, 0.29) is 5.57 Å². The van der Waals surface area contributed by atoms with Crippen LogP contribution in [-0.4, -0.2) is 42.9 Å². The van der Waals surface area contributed by atoms with Crippen molar-refractivity contribution in [2.24, 2.45) is 5.92 Å². The molecule has 1 unspecified atom stereocenters. The van der Waals surface area contributed by atoms with Crippen LogP contribution in [0, 0.1) is 5.92 Å². The highest BCUT2D eigenvalue weighted by Gasteiger charge is 2.62. The third-order valence-corrected chi connectivity index (χ3v) is 4.07. The summed E-state index contributed by atoms with van der Waals surface area (Å²) in [6.45, 7) is 4.12. The van der Waals surface area contributed by atoms with Crippen LogP contribution in [0.15, 0.2) is 12.2 Å². The predicted octanol–water partition coefficient (Wildman–Crippen LogP) is 3.09. The van der Waals surface area contributed by atoms with Crippen molar-refractivity contribution in [3.63, 3.8) is 0 Å². The first-order chi connectivity index (χ1) is 12.0. The molecule has 1 aliphatic carbocycles. The normalized spacial score (nSPS) is 17.7. The summed E-state index contributed by atoms with van der Waals surface area (Å²) in [5.74, 6) is -4.24. The van der Waals surface area contributed by atoms with Crippen LogP contribution in [0.25, 0.3) is 0 Å². The Morgan fingerprint density at radius 3 is 2.08 bits per heavy atom. The van der Waals surface area contributed by atoms with Crippen molar-refractivity contribution in [1.82, 2.24) is 0 Å². The number of rotatable bonds is 7. The molecule has 1 aliphatic rings. The van der Waals surface area contributed by atoms with Gasteiger partial charge in [0, 0.05) is 5.57 Å². The topological polar surface area (TPSA) is 78.9 Å². The Balaban J connectivity index is 2.68. The number of carbonyl (C=O) groups excluding carboxylic acids is 3. The molecule has 0 aromatic rings. The van der Waals surface area contributed by atoms with Crippen molar-refractivity contribution >= 4 is 17.9 Å². The molecule has 0 radical (unpaired) electrons. The Labute approximate surface area is 149 Å². The molecular weight excluding hydrogens is 357 g/mol. The first-order valence-electron chi connectivity index (χ1n) is 8.28. The summed E-state index contributed by atoms with van der Waals surface area (Å²) in [5, 5.41) is 0. The summed E-state index contributed by atoms with van der Waals surface area (Å²) < 4.78 is 53.7. The van der Waals surface area contributed by atoms with Crippen molar-refractivity contribution in [1.29, 1.82) is 0 Å². The van der Waals surface area contributed by atoms with E-state index in [1.165, 1.54) is 6.92 Å². The maximum absolute atomic E-state index is 13.4. The zero-order chi connectivity index (χ0) is 20.0. The van der Waals surface area contributed by atoms with E-state index in [4.69, 9.17) is 0 Å². The van der Waals surface area contributed by atoms with Crippen LogP contribution in [0.3, 0.4) is 0 Å². The Kier molecular flexibility index (Phi) is 7.65. The van der Waals surface area contributed by atoms with Gasteiger partial charge in [0.25, 0.3) is 5.60 Å². The molecule has 26 heavy (non-hydrogen) atoms. The molecule has 1 atom stereocenters. The molecule has 9 heteroatoms. The minimum Gasteiger partial charge on any atom is -0.459 e. The molecule has 1 fully saturated rings. The quantitative estimate of drug-likeness (QED) is 0.292. The van der Waals surface area contributed by atoms with Crippen LogP contribution < -0.4 is 0 Å². The molecule has 0 amide bonds. The van der Waals surface area contributed by atoms with Crippen molar-refractivity contribution in [2.75, 3.05) is 13.2 Å². The third-order valence-electron chi connectivity index (χ3n) is 4.07. The van der Waals surface area contributed by atoms with E-state index >= 15 is 0 Å². The molecule has 0 aromatic carbocycles. The summed E-state index contributed by atoms with van der Waals surface area (Å²) in [5.41, 5.74) is -3.32. The standard InChI is InChI=1S/C17H23F3O6/c1-11(2)13(21)24-9-10-25-15(23)16(3,17(18,19)20)26-14(22)12-7-5-4-6-8-12/h12H,1,4-10H2,2-3H3. The van der Waals surface area contributed by atoms with E-state index in [2.05, 4.69) is 20.8 Å². The maximum Gasteiger partial charge on any atom is 0.439 e. The first kappa shape index (κ1) is 22.0. The van der Waals surface area contributed by atoms with Crippen molar-refractivity contribution in [3.8, 4) is 0 Å². The zero-order valence-corrected chi connectivity index (χ0v) is 14.8. The van der Waals surface area contributed by atoms with Gasteiger partial charge in [0.2, 0.25) is 0 Å². The van der Waals surface area contributed by atoms with Gasteiger partial charge >= 0.3 is 24.1 Å². The Morgan fingerprint density at radius 1 is 1.04 bits per heavy atom. The lowest BCUT2D eigenvalue weighted by Crippen LogP contribution is -2.54. The highest BCUT2D eigenvalue weighted by molar-refractivity contribution is 5.87. The lowest BCUT2D eigenvalue weighted by atomic mass is 9.89. The van der Waals surface area contributed by atoms with Gasteiger partial charge in [-0.25, -0.2) is 9.59 Å². The number of halogens is 3. The van der Waals surface area contributed by atoms with E-state index in [1.54, 1.807) is 0 Å². The molecule has 1 saturated carbocycles. The summed E-state index contributed by atoms with van der Waals surface area (Å²) in [7, 11) is 0. The van der Waals surface area contributed by atoms with Gasteiger partial charge in [-0.05, 0) is 26.7 Å². The second-order valence-electron chi connectivity index (χ2n) is 6.34. The number of hydrogen-bond donors (Lipinski definition) is 0. The van der Waals surface area contributed by atoms with Gasteiger partial charge < -0.3 is 14.2 Å². The molecule has 0 bridgehead atoms. The van der Waals surface area contributed by atoms with Gasteiger partial charge in [0.05, 0.1) is 5.92 Å². The molecule has 0 N–H and O–H groups in total. The fraction of sp³-hybridized carbons (Fsp3) is 0.706. The molecule has 0 heterocycles. The van der Waals surface area contributed by atoms with E-state index < -0.39 is 48.8 Å². The van der Waals surface area contributed by atoms with Crippen LogP contribution in [-0.2, 0) is 28.6 Å². The zero-order valence-electron chi connectivity index (χ0n) is 14.8. The van der Waals surface area contributed by atoms with Crippen LogP contribution in [0.5, 0.6) is 0 Å². The first-order valence-corrected chi connectivity index (χ1v) is 8.28. The van der Waals surface area contributed by atoms with Crippen LogP contribution >= 0.6 is 0 Å². The number of esters is 3. The Morgan fingerprint density at radius 2 is 1.58 bits per heavy atom. The van der Waals surface area contributed by atoms with Gasteiger partial charge in [0.15, 0.2) is 0 Å². The number of ether oxygens (including phenoxy) is 3. The highest BCUT2D eigenvalue weighted by Crippen LogP contribution is 2.36. The molecular formula is C17H23F3O6. The van der Waals surface area contributed by atoms with E-state index in [0.29, 0.717) is 19.8 Å². The highest BCUT2D eigenvalue weighted by atomic mass is 19.4. The van der Waals surface area contributed by atoms with Crippen LogP contribution in [0.4, 0.5) is 13.2 Å². The fourth-order valence-corrected chi connectivity index (χ4v) is 2.37. The lowest BCUT2D eigenvalue weighted by Gasteiger charge is -2.31. The Hall–Kier alpha value is -2.06. The molecule has 6 nitrogen and oxygen atoms in total. The van der Waals surface area contributed by atoms with Gasteiger partial charge in [-0.1, -0.05) is 25.8 Å². The molecule has 0 aromatic heterocycles. The predicted molar refractivity (Wildman–Crippen MR) is 83.9 cm³/mol. The summed E-state index contributed by atoms with van der Waals surface area (Å²) in [6.07, 6.45) is -1.94. The molecule has 0 saturated heterocycles. The SMILES string of the molecule is C=C(C)C(=O)OCCOC(=O)C(C)(OC(=O)C1CCCCC1)C(F)(F)F.